The number of hydrogen-bond donors (Lipinski definition) is 0. The topological polar surface area (TPSA) is 0 Å². The van der Waals surface area contributed by atoms with Crippen molar-refractivity contribution in [1.29, 1.82) is 0 Å². The third-order valence-corrected chi connectivity index (χ3v) is 2.29. The first-order valence-corrected chi connectivity index (χ1v) is 4.19. The van der Waals surface area contributed by atoms with E-state index in [0.29, 0.717) is 6.32 Å². The van der Waals surface area contributed by atoms with Crippen LogP contribution in [0.3, 0.4) is 0 Å². The van der Waals surface area contributed by atoms with Crippen molar-refractivity contribution in [2.75, 3.05) is 0 Å². The van der Waals surface area contributed by atoms with Crippen LogP contribution in [0.15, 0.2) is 24.3 Å². The molecule has 12 heavy (non-hydrogen) atoms. The molecule has 62 valence electrons. The van der Waals surface area contributed by atoms with Crippen LogP contribution in [0.1, 0.15) is 37.3 Å². The summed E-state index contributed by atoms with van der Waals surface area (Å²) < 4.78 is 0. The van der Waals surface area contributed by atoms with E-state index in [1.807, 2.05) is 0 Å². The molecule has 0 nitrogen and oxygen atoms in total. The molecule has 0 amide bonds. The van der Waals surface area contributed by atoms with E-state index in [0.717, 1.165) is 5.92 Å². The molecule has 1 aliphatic rings. The molecule has 1 aromatic carbocycles. The summed E-state index contributed by atoms with van der Waals surface area (Å²) in [5.74, 6) is 0.828. The maximum Gasteiger partial charge on any atom is 0.0716 e. The van der Waals surface area contributed by atoms with Gasteiger partial charge in [-0.05, 0) is 24.3 Å². The van der Waals surface area contributed by atoms with E-state index in [4.69, 9.17) is 7.85 Å². The standard InChI is InChI=1S/C10H11B.CH4/c11-7-9-3-1-2-4-10(9)8-5-6-8;/h1-4,8H,5-7H2;1H4. The van der Waals surface area contributed by atoms with E-state index in [-0.39, 0.29) is 7.43 Å². The Balaban J connectivity index is 0.000000720. The second kappa shape index (κ2) is 3.80. The molecule has 0 N–H and O–H groups in total. The van der Waals surface area contributed by atoms with Gasteiger partial charge in [0.15, 0.2) is 0 Å². The average Bonchev–Trinajstić information content (AvgIpc) is 2.87. The largest absolute Gasteiger partial charge is 0.0776 e. The summed E-state index contributed by atoms with van der Waals surface area (Å²) in [4.78, 5) is 0. The van der Waals surface area contributed by atoms with Crippen molar-refractivity contribution in [2.24, 2.45) is 0 Å². The zero-order chi connectivity index (χ0) is 7.68. The lowest BCUT2D eigenvalue weighted by Gasteiger charge is -2.04. The smallest absolute Gasteiger partial charge is 0.0716 e. The van der Waals surface area contributed by atoms with Crippen LogP contribution in [-0.4, -0.2) is 7.85 Å². The fraction of sp³-hybridized carbons (Fsp3) is 0.455. The van der Waals surface area contributed by atoms with Crippen molar-refractivity contribution >= 4 is 7.85 Å². The van der Waals surface area contributed by atoms with Gasteiger partial charge in [0, 0.05) is 0 Å². The molecule has 2 rings (SSSR count). The molecule has 1 saturated carbocycles. The molecule has 0 heterocycles. The summed E-state index contributed by atoms with van der Waals surface area (Å²) in [6, 6.07) is 8.51. The predicted octanol–water partition coefficient (Wildman–Crippen LogP) is 2.87. The summed E-state index contributed by atoms with van der Waals surface area (Å²) in [6.45, 7) is 0. The summed E-state index contributed by atoms with van der Waals surface area (Å²) in [7, 11) is 5.62. The van der Waals surface area contributed by atoms with Crippen LogP contribution in [-0.2, 0) is 6.32 Å². The third-order valence-electron chi connectivity index (χ3n) is 2.29. The first-order chi connectivity index (χ1) is 5.42. The zero-order valence-corrected chi connectivity index (χ0v) is 6.59. The Labute approximate surface area is 76.4 Å². The van der Waals surface area contributed by atoms with Crippen LogP contribution >= 0.6 is 0 Å². The van der Waals surface area contributed by atoms with Gasteiger partial charge in [0.05, 0.1) is 7.85 Å². The number of benzene rings is 1. The van der Waals surface area contributed by atoms with Gasteiger partial charge in [-0.1, -0.05) is 43.6 Å². The molecular formula is C11H15B. The second-order valence-electron chi connectivity index (χ2n) is 3.18. The molecule has 1 aromatic rings. The Hall–Kier alpha value is -0.715. The average molecular weight is 158 g/mol. The van der Waals surface area contributed by atoms with Gasteiger partial charge in [-0.3, -0.25) is 0 Å². The molecule has 1 fully saturated rings. The van der Waals surface area contributed by atoms with Crippen molar-refractivity contribution in [1.82, 2.24) is 0 Å². The minimum atomic E-state index is 0. The number of rotatable bonds is 2. The molecule has 0 aliphatic heterocycles. The van der Waals surface area contributed by atoms with Gasteiger partial charge in [0.2, 0.25) is 0 Å². The lowest BCUT2D eigenvalue weighted by Crippen LogP contribution is -1.90. The highest BCUT2D eigenvalue weighted by molar-refractivity contribution is 6.08. The molecule has 0 atom stereocenters. The van der Waals surface area contributed by atoms with Crippen LogP contribution in [0.25, 0.3) is 0 Å². The molecule has 0 saturated heterocycles. The first-order valence-electron chi connectivity index (χ1n) is 4.19. The Kier molecular flexibility index (Phi) is 2.96. The monoisotopic (exact) mass is 158 g/mol. The highest BCUT2D eigenvalue weighted by atomic mass is 14.3. The third kappa shape index (κ3) is 1.71. The highest BCUT2D eigenvalue weighted by Crippen LogP contribution is 2.41. The van der Waals surface area contributed by atoms with Gasteiger partial charge in [0.25, 0.3) is 0 Å². The van der Waals surface area contributed by atoms with Crippen molar-refractivity contribution in [3.63, 3.8) is 0 Å². The minimum absolute atomic E-state index is 0. The van der Waals surface area contributed by atoms with Gasteiger partial charge in [-0.15, -0.1) is 0 Å². The summed E-state index contributed by atoms with van der Waals surface area (Å²) in [6.07, 6.45) is 3.40. The maximum absolute atomic E-state index is 5.62. The normalized spacial score (nSPS) is 15.3. The quantitative estimate of drug-likeness (QED) is 0.580. The van der Waals surface area contributed by atoms with Crippen LogP contribution in [0.5, 0.6) is 0 Å². The zero-order valence-electron chi connectivity index (χ0n) is 6.59. The van der Waals surface area contributed by atoms with E-state index >= 15 is 0 Å². The second-order valence-corrected chi connectivity index (χ2v) is 3.18. The fourth-order valence-electron chi connectivity index (χ4n) is 1.51. The van der Waals surface area contributed by atoms with Gasteiger partial charge in [0.1, 0.15) is 0 Å². The fourth-order valence-corrected chi connectivity index (χ4v) is 1.51. The van der Waals surface area contributed by atoms with Crippen molar-refractivity contribution in [3.8, 4) is 0 Å². The molecule has 2 radical (unpaired) electrons. The molecule has 1 aliphatic carbocycles. The Bertz CT molecular complexity index is 251. The van der Waals surface area contributed by atoms with Gasteiger partial charge in [-0.25, -0.2) is 0 Å². The summed E-state index contributed by atoms with van der Waals surface area (Å²) in [5.41, 5.74) is 2.81. The Morgan fingerprint density at radius 2 is 1.92 bits per heavy atom. The van der Waals surface area contributed by atoms with Crippen LogP contribution < -0.4 is 0 Å². The first kappa shape index (κ1) is 9.37. The van der Waals surface area contributed by atoms with Crippen molar-refractivity contribution in [3.05, 3.63) is 35.4 Å². The van der Waals surface area contributed by atoms with E-state index in [1.54, 1.807) is 0 Å². The van der Waals surface area contributed by atoms with Crippen LogP contribution in [0.4, 0.5) is 0 Å². The van der Waals surface area contributed by atoms with Crippen molar-refractivity contribution < 1.29 is 0 Å². The molecule has 0 spiro atoms. The van der Waals surface area contributed by atoms with Crippen molar-refractivity contribution in [2.45, 2.75) is 32.5 Å². The Morgan fingerprint density at radius 3 is 2.50 bits per heavy atom. The van der Waals surface area contributed by atoms with Crippen LogP contribution in [0.2, 0.25) is 0 Å². The molecule has 0 aromatic heterocycles. The summed E-state index contributed by atoms with van der Waals surface area (Å²) in [5, 5.41) is 0. The van der Waals surface area contributed by atoms with E-state index in [9.17, 15) is 0 Å². The van der Waals surface area contributed by atoms with Gasteiger partial charge < -0.3 is 0 Å². The molecule has 0 unspecified atom stereocenters. The molecule has 1 heteroatoms. The molecule has 0 bridgehead atoms. The summed E-state index contributed by atoms with van der Waals surface area (Å²) >= 11 is 0. The highest BCUT2D eigenvalue weighted by Gasteiger charge is 2.24. The van der Waals surface area contributed by atoms with E-state index in [1.165, 1.54) is 24.0 Å². The predicted molar refractivity (Wildman–Crippen MR) is 54.6 cm³/mol. The van der Waals surface area contributed by atoms with Crippen LogP contribution in [0, 0.1) is 0 Å². The van der Waals surface area contributed by atoms with Gasteiger partial charge in [-0.2, -0.15) is 0 Å². The minimum Gasteiger partial charge on any atom is -0.0776 e. The lowest BCUT2D eigenvalue weighted by molar-refractivity contribution is 1.09. The Morgan fingerprint density at radius 1 is 1.25 bits per heavy atom. The maximum atomic E-state index is 5.62. The molecular weight excluding hydrogens is 143 g/mol. The van der Waals surface area contributed by atoms with E-state index < -0.39 is 0 Å². The SMILES string of the molecule is C.[B]Cc1ccccc1C1CC1. The van der Waals surface area contributed by atoms with E-state index in [2.05, 4.69) is 24.3 Å². The number of hydrogen-bond acceptors (Lipinski definition) is 0. The van der Waals surface area contributed by atoms with Gasteiger partial charge >= 0.3 is 0 Å². The lowest BCUT2D eigenvalue weighted by atomic mass is 9.91.